The highest BCUT2D eigenvalue weighted by Crippen LogP contribution is 2.42. The van der Waals surface area contributed by atoms with Gasteiger partial charge in [0.2, 0.25) is 0 Å². The van der Waals surface area contributed by atoms with Crippen LogP contribution >= 0.6 is 0 Å². The summed E-state index contributed by atoms with van der Waals surface area (Å²) < 4.78 is 10.5. The highest BCUT2D eigenvalue weighted by molar-refractivity contribution is 5.88. The van der Waals surface area contributed by atoms with Crippen LogP contribution in [-0.2, 0) is 24.7 Å². The average Bonchev–Trinajstić information content (AvgIpc) is 2.95. The Morgan fingerprint density at radius 1 is 1.19 bits per heavy atom. The lowest BCUT2D eigenvalue weighted by Crippen LogP contribution is -2.31. The predicted molar refractivity (Wildman–Crippen MR) is 78.5 cm³/mol. The van der Waals surface area contributed by atoms with Gasteiger partial charge in [0.1, 0.15) is 5.60 Å². The standard InChI is InChI=1S/C17H20O4/c1-13(2)16(19)20-12-15(18)21-17(10-6-7-11-17)14-8-4-3-5-9-14/h3-5,8-9H,1,6-7,10-12H2,2H3. The van der Waals surface area contributed by atoms with Gasteiger partial charge in [0.25, 0.3) is 0 Å². The van der Waals surface area contributed by atoms with Crippen molar-refractivity contribution in [1.82, 2.24) is 0 Å². The lowest BCUT2D eigenvalue weighted by atomic mass is 9.92. The third-order valence-electron chi connectivity index (χ3n) is 3.69. The van der Waals surface area contributed by atoms with Crippen molar-refractivity contribution in [3.05, 3.63) is 48.0 Å². The van der Waals surface area contributed by atoms with Crippen molar-refractivity contribution in [1.29, 1.82) is 0 Å². The summed E-state index contributed by atoms with van der Waals surface area (Å²) in [6.45, 7) is 4.63. The molecule has 2 rings (SSSR count). The van der Waals surface area contributed by atoms with Crippen LogP contribution in [0, 0.1) is 0 Å². The summed E-state index contributed by atoms with van der Waals surface area (Å²) >= 11 is 0. The van der Waals surface area contributed by atoms with E-state index in [0.717, 1.165) is 31.2 Å². The van der Waals surface area contributed by atoms with E-state index < -0.39 is 17.5 Å². The monoisotopic (exact) mass is 288 g/mol. The van der Waals surface area contributed by atoms with Crippen molar-refractivity contribution in [3.63, 3.8) is 0 Å². The first-order valence-corrected chi connectivity index (χ1v) is 7.13. The molecule has 4 nitrogen and oxygen atoms in total. The molecule has 0 aliphatic heterocycles. The molecule has 0 spiro atoms. The Bertz CT molecular complexity index is 527. The van der Waals surface area contributed by atoms with Crippen LogP contribution in [0.3, 0.4) is 0 Å². The highest BCUT2D eigenvalue weighted by Gasteiger charge is 2.39. The molecule has 1 aromatic rings. The molecule has 0 heterocycles. The number of carbonyl (C=O) groups is 2. The second-order valence-electron chi connectivity index (χ2n) is 5.40. The molecule has 0 radical (unpaired) electrons. The SMILES string of the molecule is C=C(C)C(=O)OCC(=O)OC1(c2ccccc2)CCCC1. The Morgan fingerprint density at radius 3 is 2.38 bits per heavy atom. The number of hydrogen-bond acceptors (Lipinski definition) is 4. The first-order chi connectivity index (χ1) is 10.0. The van der Waals surface area contributed by atoms with Crippen molar-refractivity contribution in [2.45, 2.75) is 38.2 Å². The summed E-state index contributed by atoms with van der Waals surface area (Å²) in [5.41, 5.74) is 0.692. The fourth-order valence-corrected chi connectivity index (χ4v) is 2.63. The Hall–Kier alpha value is -2.10. The van der Waals surface area contributed by atoms with Gasteiger partial charge in [0.15, 0.2) is 6.61 Å². The van der Waals surface area contributed by atoms with Crippen molar-refractivity contribution in [2.24, 2.45) is 0 Å². The fourth-order valence-electron chi connectivity index (χ4n) is 2.63. The van der Waals surface area contributed by atoms with Gasteiger partial charge in [-0.25, -0.2) is 9.59 Å². The van der Waals surface area contributed by atoms with E-state index in [2.05, 4.69) is 6.58 Å². The van der Waals surface area contributed by atoms with Gasteiger partial charge in [-0.2, -0.15) is 0 Å². The molecule has 0 amide bonds. The molecule has 0 aromatic heterocycles. The van der Waals surface area contributed by atoms with E-state index in [0.29, 0.717) is 0 Å². The zero-order valence-corrected chi connectivity index (χ0v) is 12.3. The zero-order valence-electron chi connectivity index (χ0n) is 12.3. The maximum Gasteiger partial charge on any atom is 0.345 e. The van der Waals surface area contributed by atoms with E-state index in [4.69, 9.17) is 9.47 Å². The summed E-state index contributed by atoms with van der Waals surface area (Å²) in [6.07, 6.45) is 3.65. The van der Waals surface area contributed by atoms with Gasteiger partial charge in [-0.15, -0.1) is 0 Å². The largest absolute Gasteiger partial charge is 0.452 e. The topological polar surface area (TPSA) is 52.6 Å². The molecule has 0 atom stereocenters. The Labute approximate surface area is 124 Å². The summed E-state index contributed by atoms with van der Waals surface area (Å²) in [5, 5.41) is 0. The van der Waals surface area contributed by atoms with Crippen LogP contribution in [0.15, 0.2) is 42.5 Å². The quantitative estimate of drug-likeness (QED) is 0.617. The fraction of sp³-hybridized carbons (Fsp3) is 0.412. The summed E-state index contributed by atoms with van der Waals surface area (Å²) in [4.78, 5) is 23.3. The Kier molecular flexibility index (Phi) is 4.78. The predicted octanol–water partition coefficient (Wildman–Crippen LogP) is 3.12. The van der Waals surface area contributed by atoms with Crippen LogP contribution in [0.2, 0.25) is 0 Å². The Morgan fingerprint density at radius 2 is 1.81 bits per heavy atom. The molecule has 1 saturated carbocycles. The summed E-state index contributed by atoms with van der Waals surface area (Å²) in [6, 6.07) is 9.74. The third kappa shape index (κ3) is 3.72. The summed E-state index contributed by atoms with van der Waals surface area (Å²) in [7, 11) is 0. The van der Waals surface area contributed by atoms with Gasteiger partial charge in [0, 0.05) is 5.57 Å². The molecule has 1 aliphatic carbocycles. The Balaban J connectivity index is 2.02. The first-order valence-electron chi connectivity index (χ1n) is 7.13. The van der Waals surface area contributed by atoms with Crippen LogP contribution < -0.4 is 0 Å². The van der Waals surface area contributed by atoms with Gasteiger partial charge in [-0.3, -0.25) is 0 Å². The van der Waals surface area contributed by atoms with Crippen molar-refractivity contribution in [2.75, 3.05) is 6.61 Å². The summed E-state index contributed by atoms with van der Waals surface area (Å²) in [5.74, 6) is -1.09. The van der Waals surface area contributed by atoms with Gasteiger partial charge in [-0.1, -0.05) is 36.9 Å². The van der Waals surface area contributed by atoms with Crippen LogP contribution in [0.5, 0.6) is 0 Å². The van der Waals surface area contributed by atoms with E-state index in [9.17, 15) is 9.59 Å². The van der Waals surface area contributed by atoms with E-state index in [1.54, 1.807) is 0 Å². The van der Waals surface area contributed by atoms with E-state index in [1.807, 2.05) is 30.3 Å². The lowest BCUT2D eigenvalue weighted by molar-refractivity contribution is -0.169. The van der Waals surface area contributed by atoms with E-state index >= 15 is 0 Å². The third-order valence-corrected chi connectivity index (χ3v) is 3.69. The first kappa shape index (κ1) is 15.3. The lowest BCUT2D eigenvalue weighted by Gasteiger charge is -2.29. The molecule has 0 bridgehead atoms. The molecule has 112 valence electrons. The minimum absolute atomic E-state index is 0.265. The van der Waals surface area contributed by atoms with E-state index in [-0.39, 0.29) is 12.2 Å². The van der Waals surface area contributed by atoms with Gasteiger partial charge in [-0.05, 0) is 38.2 Å². The maximum atomic E-state index is 12.0. The second kappa shape index (κ2) is 6.57. The number of hydrogen-bond donors (Lipinski definition) is 0. The molecule has 21 heavy (non-hydrogen) atoms. The minimum atomic E-state index is -0.577. The van der Waals surface area contributed by atoms with Crippen LogP contribution in [0.4, 0.5) is 0 Å². The number of benzene rings is 1. The molecular formula is C17H20O4. The zero-order chi connectivity index (χ0) is 15.3. The van der Waals surface area contributed by atoms with Gasteiger partial charge in [0.05, 0.1) is 0 Å². The van der Waals surface area contributed by atoms with Crippen molar-refractivity contribution >= 4 is 11.9 Å². The molecular weight excluding hydrogens is 268 g/mol. The second-order valence-corrected chi connectivity index (χ2v) is 5.40. The maximum absolute atomic E-state index is 12.0. The number of carbonyl (C=O) groups excluding carboxylic acids is 2. The average molecular weight is 288 g/mol. The van der Waals surface area contributed by atoms with Crippen molar-refractivity contribution < 1.29 is 19.1 Å². The van der Waals surface area contributed by atoms with Crippen LogP contribution in [0.1, 0.15) is 38.2 Å². The van der Waals surface area contributed by atoms with Crippen LogP contribution in [0.25, 0.3) is 0 Å². The molecule has 0 N–H and O–H groups in total. The molecule has 1 aromatic carbocycles. The molecule has 0 saturated heterocycles. The normalized spacial score (nSPS) is 16.2. The number of esters is 2. The molecule has 1 fully saturated rings. The minimum Gasteiger partial charge on any atom is -0.452 e. The molecule has 1 aliphatic rings. The van der Waals surface area contributed by atoms with Crippen molar-refractivity contribution in [3.8, 4) is 0 Å². The number of rotatable bonds is 5. The van der Waals surface area contributed by atoms with Gasteiger partial charge >= 0.3 is 11.9 Å². The highest BCUT2D eigenvalue weighted by atomic mass is 16.6. The number of ether oxygens (including phenoxy) is 2. The van der Waals surface area contributed by atoms with Crippen LogP contribution in [-0.4, -0.2) is 18.5 Å². The molecule has 0 unspecified atom stereocenters. The smallest absolute Gasteiger partial charge is 0.345 e. The van der Waals surface area contributed by atoms with Gasteiger partial charge < -0.3 is 9.47 Å². The molecule has 4 heteroatoms. The van der Waals surface area contributed by atoms with E-state index in [1.165, 1.54) is 6.92 Å².